The smallest absolute Gasteiger partial charge is 0.0975 e. The van der Waals surface area contributed by atoms with Crippen LogP contribution in [0.3, 0.4) is 0 Å². The number of benzene rings is 1. The maximum absolute atomic E-state index is 12.6. The first-order valence-electron chi connectivity index (χ1n) is 7.65. The Balaban J connectivity index is 2.07. The van der Waals surface area contributed by atoms with Crippen LogP contribution in [0.1, 0.15) is 44.5 Å². The van der Waals surface area contributed by atoms with Gasteiger partial charge in [0.1, 0.15) is 0 Å². The van der Waals surface area contributed by atoms with Gasteiger partial charge in [0.2, 0.25) is 0 Å². The number of hydrogen-bond acceptors (Lipinski definition) is 3. The molecule has 0 saturated heterocycles. The van der Waals surface area contributed by atoms with E-state index in [-0.39, 0.29) is 10.8 Å². The van der Waals surface area contributed by atoms with Crippen LogP contribution in [0.25, 0.3) is 11.3 Å². The van der Waals surface area contributed by atoms with Gasteiger partial charge in [-0.1, -0.05) is 27.2 Å². The second-order valence-electron chi connectivity index (χ2n) is 6.82. The fraction of sp³-hybridized carbons (Fsp3) is 0.500. The minimum atomic E-state index is -1.13. The third-order valence-corrected chi connectivity index (χ3v) is 6.09. The van der Waals surface area contributed by atoms with Crippen molar-refractivity contribution in [2.24, 2.45) is 0 Å². The molecule has 0 saturated carbocycles. The van der Waals surface area contributed by atoms with E-state index in [1.165, 1.54) is 0 Å². The number of rotatable bonds is 2. The molecule has 1 aliphatic heterocycles. The van der Waals surface area contributed by atoms with Crippen molar-refractivity contribution in [1.29, 1.82) is 0 Å². The molecule has 2 heterocycles. The molecule has 0 unspecified atom stereocenters. The van der Waals surface area contributed by atoms with Crippen molar-refractivity contribution in [2.45, 2.75) is 51.4 Å². The Morgan fingerprint density at radius 3 is 2.83 bits per heavy atom. The van der Waals surface area contributed by atoms with Gasteiger partial charge < -0.3 is 0 Å². The summed E-state index contributed by atoms with van der Waals surface area (Å²) in [5.74, 6) is 0. The molecule has 1 aromatic heterocycles. The minimum absolute atomic E-state index is 0.0173. The number of nitrogens with zero attached hydrogens (tertiary/aromatic N) is 3. The lowest BCUT2D eigenvalue weighted by molar-refractivity contribution is 0.499. The average Bonchev–Trinajstić information content (AvgIpc) is 2.75. The lowest BCUT2D eigenvalue weighted by atomic mass is 9.97. The molecule has 0 fully saturated rings. The van der Waals surface area contributed by atoms with E-state index in [4.69, 9.17) is 0 Å². The second-order valence-corrected chi connectivity index (χ2v) is 9.73. The van der Waals surface area contributed by atoms with Gasteiger partial charge in [0.15, 0.2) is 0 Å². The first-order chi connectivity index (χ1) is 10.8. The number of aromatic nitrogens is 3. The van der Waals surface area contributed by atoms with Crippen LogP contribution in [-0.2, 0) is 17.5 Å². The summed E-state index contributed by atoms with van der Waals surface area (Å²) in [7, 11) is -1.13. The SMILES string of the molecule is Cc1nnn2c1-c1ccc(Br)cc1[C@@H](N[S@@](=O)C(C)(C)C)CC2. The predicted octanol–water partition coefficient (Wildman–Crippen LogP) is 3.51. The summed E-state index contributed by atoms with van der Waals surface area (Å²) in [6.45, 7) is 8.67. The maximum atomic E-state index is 12.6. The minimum Gasteiger partial charge on any atom is -0.244 e. The third-order valence-electron chi connectivity index (χ3n) is 3.98. The number of halogens is 1. The summed E-state index contributed by atoms with van der Waals surface area (Å²) in [6, 6.07) is 6.23. The maximum Gasteiger partial charge on any atom is 0.0975 e. The molecule has 0 aliphatic carbocycles. The van der Waals surface area contributed by atoms with E-state index < -0.39 is 11.0 Å². The van der Waals surface area contributed by atoms with Crippen molar-refractivity contribution in [2.75, 3.05) is 0 Å². The summed E-state index contributed by atoms with van der Waals surface area (Å²) < 4.78 is 18.6. The van der Waals surface area contributed by atoms with E-state index in [2.05, 4.69) is 43.1 Å². The van der Waals surface area contributed by atoms with Crippen molar-refractivity contribution < 1.29 is 4.21 Å². The Kier molecular flexibility index (Phi) is 4.46. The lowest BCUT2D eigenvalue weighted by Crippen LogP contribution is -2.36. The van der Waals surface area contributed by atoms with Gasteiger partial charge in [0.05, 0.1) is 27.1 Å². The second kappa shape index (κ2) is 6.11. The fourth-order valence-electron chi connectivity index (χ4n) is 2.76. The highest BCUT2D eigenvalue weighted by molar-refractivity contribution is 9.10. The highest BCUT2D eigenvalue weighted by atomic mass is 79.9. The van der Waals surface area contributed by atoms with Gasteiger partial charge in [-0.2, -0.15) is 0 Å². The van der Waals surface area contributed by atoms with Gasteiger partial charge in [0, 0.05) is 22.6 Å². The molecule has 2 aromatic rings. The average molecular weight is 397 g/mol. The van der Waals surface area contributed by atoms with E-state index in [0.29, 0.717) is 0 Å². The zero-order chi connectivity index (χ0) is 16.8. The molecule has 23 heavy (non-hydrogen) atoms. The molecule has 7 heteroatoms. The first kappa shape index (κ1) is 16.8. The molecule has 0 amide bonds. The summed E-state index contributed by atoms with van der Waals surface area (Å²) in [5, 5.41) is 8.46. The molecule has 0 spiro atoms. The Morgan fingerprint density at radius 2 is 2.13 bits per heavy atom. The molecular formula is C16H21BrN4OS. The Morgan fingerprint density at radius 1 is 1.39 bits per heavy atom. The van der Waals surface area contributed by atoms with Gasteiger partial charge in [-0.3, -0.25) is 0 Å². The fourth-order valence-corrected chi connectivity index (χ4v) is 4.00. The van der Waals surface area contributed by atoms with Crippen LogP contribution in [0.5, 0.6) is 0 Å². The summed E-state index contributed by atoms with van der Waals surface area (Å²) in [6.07, 6.45) is 0.821. The summed E-state index contributed by atoms with van der Waals surface area (Å²) in [4.78, 5) is 0. The quantitative estimate of drug-likeness (QED) is 0.844. The topological polar surface area (TPSA) is 59.8 Å². The van der Waals surface area contributed by atoms with E-state index in [0.717, 1.165) is 40.0 Å². The molecule has 124 valence electrons. The van der Waals surface area contributed by atoms with E-state index in [1.54, 1.807) is 0 Å². The molecule has 3 rings (SSSR count). The van der Waals surface area contributed by atoms with Crippen LogP contribution in [0, 0.1) is 6.92 Å². The predicted molar refractivity (Wildman–Crippen MR) is 96.3 cm³/mol. The first-order valence-corrected chi connectivity index (χ1v) is 9.59. The van der Waals surface area contributed by atoms with Crippen LogP contribution in [-0.4, -0.2) is 23.9 Å². The molecular weight excluding hydrogens is 376 g/mol. The highest BCUT2D eigenvalue weighted by Gasteiger charge is 2.29. The number of hydrogen-bond donors (Lipinski definition) is 1. The van der Waals surface area contributed by atoms with Crippen molar-refractivity contribution in [1.82, 2.24) is 19.7 Å². The largest absolute Gasteiger partial charge is 0.244 e. The summed E-state index contributed by atoms with van der Waals surface area (Å²) in [5.41, 5.74) is 4.22. The van der Waals surface area contributed by atoms with Gasteiger partial charge in [-0.15, -0.1) is 5.10 Å². The third kappa shape index (κ3) is 3.27. The lowest BCUT2D eigenvalue weighted by Gasteiger charge is -2.24. The monoisotopic (exact) mass is 396 g/mol. The summed E-state index contributed by atoms with van der Waals surface area (Å²) >= 11 is 3.56. The van der Waals surface area contributed by atoms with Crippen LogP contribution in [0.2, 0.25) is 0 Å². The van der Waals surface area contributed by atoms with E-state index >= 15 is 0 Å². The Hall–Kier alpha value is -1.05. The normalized spacial score (nSPS) is 18.9. The van der Waals surface area contributed by atoms with Gasteiger partial charge >= 0.3 is 0 Å². The zero-order valence-electron chi connectivity index (χ0n) is 13.8. The molecule has 0 radical (unpaired) electrons. The standard InChI is InChI=1S/C16H21BrN4OS/c1-10-15-12-6-5-11(17)9-13(12)14(7-8-21(15)20-18-10)19-23(22)16(2,3)4/h5-6,9,14,19H,7-8H2,1-4H3/t14-,23-/m0/s1. The number of fused-ring (bicyclic) bond motifs is 3. The van der Waals surface area contributed by atoms with Crippen molar-refractivity contribution in [3.8, 4) is 11.3 Å². The zero-order valence-corrected chi connectivity index (χ0v) is 16.2. The molecule has 2 atom stereocenters. The van der Waals surface area contributed by atoms with Crippen molar-refractivity contribution in [3.63, 3.8) is 0 Å². The number of aryl methyl sites for hydroxylation is 2. The van der Waals surface area contributed by atoms with Crippen LogP contribution >= 0.6 is 15.9 Å². The Bertz CT molecular complexity index is 766. The highest BCUT2D eigenvalue weighted by Crippen LogP contribution is 2.37. The molecule has 5 nitrogen and oxygen atoms in total. The molecule has 1 aromatic carbocycles. The van der Waals surface area contributed by atoms with Gasteiger partial charge in [0.25, 0.3) is 0 Å². The van der Waals surface area contributed by atoms with E-state index in [9.17, 15) is 4.21 Å². The van der Waals surface area contributed by atoms with Crippen LogP contribution < -0.4 is 4.72 Å². The Labute approximate surface area is 147 Å². The van der Waals surface area contributed by atoms with Crippen molar-refractivity contribution in [3.05, 3.63) is 33.9 Å². The molecule has 1 aliphatic rings. The van der Waals surface area contributed by atoms with Crippen LogP contribution in [0.15, 0.2) is 22.7 Å². The van der Waals surface area contributed by atoms with E-state index in [1.807, 2.05) is 38.4 Å². The van der Waals surface area contributed by atoms with Crippen molar-refractivity contribution >= 4 is 26.9 Å². The van der Waals surface area contributed by atoms with Gasteiger partial charge in [-0.05, 0) is 51.8 Å². The molecule has 1 N–H and O–H groups in total. The van der Waals surface area contributed by atoms with Crippen LogP contribution in [0.4, 0.5) is 0 Å². The number of nitrogens with one attached hydrogen (secondary N) is 1. The molecule has 0 bridgehead atoms. The van der Waals surface area contributed by atoms with Gasteiger partial charge in [-0.25, -0.2) is 13.6 Å².